The summed E-state index contributed by atoms with van der Waals surface area (Å²) in [6, 6.07) is -0.243. The summed E-state index contributed by atoms with van der Waals surface area (Å²) < 4.78 is 0. The first-order valence-electron chi connectivity index (χ1n) is 3.64. The number of carbonyl (C=O) groups is 2. The average Bonchev–Trinajstić information content (AvgIpc) is 2.32. The fraction of sp³-hybridized carbons (Fsp3) is 0.714. The van der Waals surface area contributed by atoms with Crippen molar-refractivity contribution >= 4 is 11.8 Å². The van der Waals surface area contributed by atoms with Crippen LogP contribution in [0.3, 0.4) is 0 Å². The lowest BCUT2D eigenvalue weighted by molar-refractivity contribution is -0.133. The van der Waals surface area contributed by atoms with Crippen LogP contribution in [0.4, 0.5) is 0 Å². The normalized spacial score (nSPS) is 24.0. The smallest absolute Gasteiger partial charge is 0.242 e. The molecule has 0 bridgehead atoms. The largest absolute Gasteiger partial charge is 0.357 e. The summed E-state index contributed by atoms with van der Waals surface area (Å²) in [4.78, 5) is 23.5. The molecule has 62 valence electrons. The first kappa shape index (κ1) is 8.04. The number of amides is 2. The van der Waals surface area contributed by atoms with Crippen molar-refractivity contribution in [3.05, 3.63) is 0 Å². The summed E-state index contributed by atoms with van der Waals surface area (Å²) in [5.41, 5.74) is 0. The van der Waals surface area contributed by atoms with E-state index in [1.165, 1.54) is 4.90 Å². The Kier molecular flexibility index (Phi) is 2.12. The van der Waals surface area contributed by atoms with Gasteiger partial charge >= 0.3 is 0 Å². The van der Waals surface area contributed by atoms with Gasteiger partial charge in [0.15, 0.2) is 0 Å². The van der Waals surface area contributed by atoms with Crippen LogP contribution < -0.4 is 5.32 Å². The maximum Gasteiger partial charge on any atom is 0.242 e. The monoisotopic (exact) mass is 156 g/mol. The van der Waals surface area contributed by atoms with E-state index in [0.717, 1.165) is 0 Å². The van der Waals surface area contributed by atoms with E-state index in [2.05, 4.69) is 5.32 Å². The lowest BCUT2D eigenvalue weighted by Crippen LogP contribution is -2.41. The zero-order valence-corrected chi connectivity index (χ0v) is 6.76. The number of likely N-dealkylation sites (N-methyl/N-ethyl adjacent to an activating group) is 2. The van der Waals surface area contributed by atoms with Gasteiger partial charge in [-0.15, -0.1) is 0 Å². The molecule has 1 aliphatic heterocycles. The average molecular weight is 156 g/mol. The van der Waals surface area contributed by atoms with Crippen LogP contribution in [0.15, 0.2) is 0 Å². The van der Waals surface area contributed by atoms with E-state index in [1.807, 2.05) is 0 Å². The molecule has 1 aliphatic rings. The minimum atomic E-state index is -0.243. The summed E-state index contributed by atoms with van der Waals surface area (Å²) in [6.07, 6.45) is 1.14. The standard InChI is InChI=1S/C7H12N2O2/c1-8-7(11)5-3-4-6(10)9(5)2/h5H,3-4H2,1-2H3,(H,8,11). The fourth-order valence-corrected chi connectivity index (χ4v) is 1.28. The molecule has 1 fully saturated rings. The zero-order valence-electron chi connectivity index (χ0n) is 6.76. The summed E-state index contributed by atoms with van der Waals surface area (Å²) in [6.45, 7) is 0. The molecule has 0 aromatic heterocycles. The maximum absolute atomic E-state index is 11.1. The lowest BCUT2D eigenvalue weighted by atomic mass is 10.2. The van der Waals surface area contributed by atoms with Gasteiger partial charge in [-0.1, -0.05) is 0 Å². The van der Waals surface area contributed by atoms with Crippen LogP contribution in [0, 0.1) is 0 Å². The Labute approximate surface area is 65.6 Å². The van der Waals surface area contributed by atoms with E-state index in [0.29, 0.717) is 12.8 Å². The third-order valence-corrected chi connectivity index (χ3v) is 2.04. The molecule has 11 heavy (non-hydrogen) atoms. The first-order chi connectivity index (χ1) is 5.16. The Morgan fingerprint density at radius 2 is 2.36 bits per heavy atom. The number of nitrogens with one attached hydrogen (secondary N) is 1. The number of hydrogen-bond acceptors (Lipinski definition) is 2. The minimum Gasteiger partial charge on any atom is -0.357 e. The molecule has 1 saturated heterocycles. The summed E-state index contributed by atoms with van der Waals surface area (Å²) in [7, 11) is 3.24. The van der Waals surface area contributed by atoms with Crippen molar-refractivity contribution in [1.82, 2.24) is 10.2 Å². The van der Waals surface area contributed by atoms with E-state index in [4.69, 9.17) is 0 Å². The van der Waals surface area contributed by atoms with Crippen molar-refractivity contribution in [1.29, 1.82) is 0 Å². The molecule has 4 nitrogen and oxygen atoms in total. The minimum absolute atomic E-state index is 0.0543. The van der Waals surface area contributed by atoms with Crippen LogP contribution in [0.5, 0.6) is 0 Å². The van der Waals surface area contributed by atoms with Crippen LogP contribution >= 0.6 is 0 Å². The molecule has 1 heterocycles. The highest BCUT2D eigenvalue weighted by atomic mass is 16.2. The Bertz CT molecular complexity index is 191. The van der Waals surface area contributed by atoms with Gasteiger partial charge in [0.25, 0.3) is 0 Å². The van der Waals surface area contributed by atoms with Gasteiger partial charge in [0.05, 0.1) is 0 Å². The number of nitrogens with zero attached hydrogens (tertiary/aromatic N) is 1. The van der Waals surface area contributed by atoms with Crippen molar-refractivity contribution < 1.29 is 9.59 Å². The van der Waals surface area contributed by atoms with Crippen molar-refractivity contribution in [2.24, 2.45) is 0 Å². The number of hydrogen-bond donors (Lipinski definition) is 1. The summed E-state index contributed by atoms with van der Waals surface area (Å²) in [5, 5.41) is 2.53. The molecule has 4 heteroatoms. The molecule has 1 rings (SSSR count). The Morgan fingerprint density at radius 1 is 1.73 bits per heavy atom. The van der Waals surface area contributed by atoms with Gasteiger partial charge in [0, 0.05) is 20.5 Å². The second-order valence-electron chi connectivity index (χ2n) is 2.67. The van der Waals surface area contributed by atoms with E-state index in [-0.39, 0.29) is 17.9 Å². The quantitative estimate of drug-likeness (QED) is 0.548. The maximum atomic E-state index is 11.1. The van der Waals surface area contributed by atoms with Crippen molar-refractivity contribution in [2.45, 2.75) is 18.9 Å². The molecule has 1 N–H and O–H groups in total. The number of rotatable bonds is 1. The molecule has 1 atom stereocenters. The predicted molar refractivity (Wildman–Crippen MR) is 39.9 cm³/mol. The molecule has 0 radical (unpaired) electrons. The summed E-state index contributed by atoms with van der Waals surface area (Å²) in [5.74, 6) is -0.0167. The molecule has 1 unspecified atom stereocenters. The van der Waals surface area contributed by atoms with Gasteiger partial charge in [0.2, 0.25) is 11.8 Å². The summed E-state index contributed by atoms with van der Waals surface area (Å²) >= 11 is 0. The Morgan fingerprint density at radius 3 is 2.73 bits per heavy atom. The van der Waals surface area contributed by atoms with Crippen molar-refractivity contribution in [3.63, 3.8) is 0 Å². The van der Waals surface area contributed by atoms with Gasteiger partial charge in [-0.05, 0) is 6.42 Å². The van der Waals surface area contributed by atoms with E-state index in [1.54, 1.807) is 14.1 Å². The lowest BCUT2D eigenvalue weighted by Gasteiger charge is -2.17. The van der Waals surface area contributed by atoms with Crippen LogP contribution in [0.25, 0.3) is 0 Å². The van der Waals surface area contributed by atoms with Crippen LogP contribution in [0.1, 0.15) is 12.8 Å². The highest BCUT2D eigenvalue weighted by molar-refractivity contribution is 5.90. The van der Waals surface area contributed by atoms with Gasteiger partial charge in [-0.25, -0.2) is 0 Å². The number of carbonyl (C=O) groups excluding carboxylic acids is 2. The second kappa shape index (κ2) is 2.90. The molecule has 0 aliphatic carbocycles. The third kappa shape index (κ3) is 1.34. The molecule has 0 aromatic rings. The van der Waals surface area contributed by atoms with Crippen LogP contribution in [0.2, 0.25) is 0 Å². The van der Waals surface area contributed by atoms with Crippen molar-refractivity contribution in [2.75, 3.05) is 14.1 Å². The van der Waals surface area contributed by atoms with Crippen LogP contribution in [-0.4, -0.2) is 36.9 Å². The third-order valence-electron chi connectivity index (χ3n) is 2.04. The Hall–Kier alpha value is -1.06. The number of likely N-dealkylation sites (tertiary alicyclic amines) is 1. The van der Waals surface area contributed by atoms with Crippen LogP contribution in [-0.2, 0) is 9.59 Å². The van der Waals surface area contributed by atoms with Gasteiger partial charge in [0.1, 0.15) is 6.04 Å². The van der Waals surface area contributed by atoms with Crippen molar-refractivity contribution in [3.8, 4) is 0 Å². The molecular formula is C7H12N2O2. The fourth-order valence-electron chi connectivity index (χ4n) is 1.28. The van der Waals surface area contributed by atoms with E-state index < -0.39 is 0 Å². The zero-order chi connectivity index (χ0) is 8.43. The van der Waals surface area contributed by atoms with E-state index in [9.17, 15) is 9.59 Å². The molecular weight excluding hydrogens is 144 g/mol. The predicted octanol–water partition coefficient (Wildman–Crippen LogP) is -0.647. The Balaban J connectivity index is 2.61. The highest BCUT2D eigenvalue weighted by Crippen LogP contribution is 2.15. The van der Waals surface area contributed by atoms with Gasteiger partial charge in [-0.3, -0.25) is 9.59 Å². The van der Waals surface area contributed by atoms with Gasteiger partial charge in [-0.2, -0.15) is 0 Å². The molecule has 0 saturated carbocycles. The second-order valence-corrected chi connectivity index (χ2v) is 2.67. The van der Waals surface area contributed by atoms with Gasteiger partial charge < -0.3 is 10.2 Å². The molecule has 2 amide bonds. The highest BCUT2D eigenvalue weighted by Gasteiger charge is 2.32. The van der Waals surface area contributed by atoms with E-state index >= 15 is 0 Å². The SMILES string of the molecule is CNC(=O)C1CCC(=O)N1C. The molecule has 0 spiro atoms. The first-order valence-corrected chi connectivity index (χ1v) is 3.64. The molecule has 0 aromatic carbocycles. The topological polar surface area (TPSA) is 49.4 Å².